The van der Waals surface area contributed by atoms with Crippen LogP contribution >= 0.6 is 15.9 Å². The van der Waals surface area contributed by atoms with Gasteiger partial charge in [0.2, 0.25) is 5.91 Å². The number of rotatable bonds is 9. The fourth-order valence-electron chi connectivity index (χ4n) is 2.20. The molecule has 0 aliphatic heterocycles. The van der Waals surface area contributed by atoms with Gasteiger partial charge < -0.3 is 20.9 Å². The van der Waals surface area contributed by atoms with Crippen molar-refractivity contribution in [3.05, 3.63) is 34.3 Å². The molecule has 1 unspecified atom stereocenters. The van der Waals surface area contributed by atoms with E-state index in [0.717, 1.165) is 23.0 Å². The Morgan fingerprint density at radius 2 is 1.92 bits per heavy atom. The monoisotopic (exact) mass is 398 g/mol. The zero-order valence-electron chi connectivity index (χ0n) is 14.6. The third-order valence-corrected chi connectivity index (χ3v) is 4.15. The fraction of sp³-hybridized carbons (Fsp3) is 0.529. The van der Waals surface area contributed by atoms with E-state index in [1.807, 2.05) is 38.2 Å². The number of carbonyl (C=O) groups is 2. The molecule has 24 heavy (non-hydrogen) atoms. The van der Waals surface area contributed by atoms with E-state index in [0.29, 0.717) is 19.5 Å². The quantitative estimate of drug-likeness (QED) is 0.596. The zero-order valence-corrected chi connectivity index (χ0v) is 16.1. The number of halogens is 1. The van der Waals surface area contributed by atoms with Crippen molar-refractivity contribution in [3.8, 4) is 0 Å². The molecule has 0 radical (unpaired) electrons. The number of nitrogens with zero attached hydrogens (tertiary/aromatic N) is 1. The fourth-order valence-corrected chi connectivity index (χ4v) is 2.46. The van der Waals surface area contributed by atoms with Gasteiger partial charge in [-0.05, 0) is 31.2 Å². The van der Waals surface area contributed by atoms with Crippen molar-refractivity contribution in [1.82, 2.24) is 20.9 Å². The number of hydrogen-bond acceptors (Lipinski definition) is 3. The first-order chi connectivity index (χ1) is 11.5. The molecule has 6 nitrogen and oxygen atoms in total. The van der Waals surface area contributed by atoms with Gasteiger partial charge in [0.05, 0.1) is 0 Å². The maximum Gasteiger partial charge on any atom is 0.315 e. The first-order valence-corrected chi connectivity index (χ1v) is 8.95. The number of benzene rings is 1. The molecule has 3 amide bonds. The maximum absolute atomic E-state index is 12.4. The number of nitrogens with one attached hydrogen (secondary N) is 3. The Morgan fingerprint density at radius 1 is 1.25 bits per heavy atom. The highest BCUT2D eigenvalue weighted by Crippen LogP contribution is 2.10. The summed E-state index contributed by atoms with van der Waals surface area (Å²) in [6.45, 7) is 3.74. The molecular weight excluding hydrogens is 372 g/mol. The lowest BCUT2D eigenvalue weighted by Gasteiger charge is -2.24. The molecular formula is C17H27BrN4O2. The molecule has 7 heteroatoms. The number of amides is 3. The average Bonchev–Trinajstić information content (AvgIpc) is 2.58. The van der Waals surface area contributed by atoms with E-state index in [-0.39, 0.29) is 11.9 Å². The third-order valence-electron chi connectivity index (χ3n) is 3.62. The third kappa shape index (κ3) is 7.31. The van der Waals surface area contributed by atoms with E-state index in [4.69, 9.17) is 0 Å². The van der Waals surface area contributed by atoms with Crippen molar-refractivity contribution in [2.24, 2.45) is 0 Å². The molecule has 0 spiro atoms. The van der Waals surface area contributed by atoms with Gasteiger partial charge >= 0.3 is 6.03 Å². The van der Waals surface area contributed by atoms with Gasteiger partial charge in [-0.2, -0.15) is 0 Å². The van der Waals surface area contributed by atoms with Crippen molar-refractivity contribution in [2.45, 2.75) is 32.4 Å². The Kier molecular flexibility index (Phi) is 9.41. The summed E-state index contributed by atoms with van der Waals surface area (Å²) in [5.74, 6) is -0.0640. The van der Waals surface area contributed by atoms with Crippen LogP contribution < -0.4 is 16.0 Å². The topological polar surface area (TPSA) is 73.5 Å². The van der Waals surface area contributed by atoms with Gasteiger partial charge in [0, 0.05) is 31.2 Å². The van der Waals surface area contributed by atoms with Crippen LogP contribution in [0.1, 0.15) is 25.3 Å². The van der Waals surface area contributed by atoms with Crippen molar-refractivity contribution < 1.29 is 9.59 Å². The van der Waals surface area contributed by atoms with Crippen LogP contribution in [0.5, 0.6) is 0 Å². The van der Waals surface area contributed by atoms with Crippen LogP contribution in [-0.4, -0.2) is 50.1 Å². The molecule has 1 rings (SSSR count). The minimum atomic E-state index is -0.498. The van der Waals surface area contributed by atoms with E-state index in [1.165, 1.54) is 0 Å². The molecule has 0 saturated heterocycles. The average molecular weight is 399 g/mol. The van der Waals surface area contributed by atoms with Gasteiger partial charge in [0.15, 0.2) is 0 Å². The van der Waals surface area contributed by atoms with Gasteiger partial charge in [0.1, 0.15) is 6.04 Å². The van der Waals surface area contributed by atoms with Crippen LogP contribution in [0, 0.1) is 0 Å². The van der Waals surface area contributed by atoms with Crippen molar-refractivity contribution in [3.63, 3.8) is 0 Å². The Hall–Kier alpha value is -1.60. The predicted octanol–water partition coefficient (Wildman–Crippen LogP) is 2.09. The lowest BCUT2D eigenvalue weighted by atomic mass is 10.1. The summed E-state index contributed by atoms with van der Waals surface area (Å²) >= 11 is 3.38. The van der Waals surface area contributed by atoms with Gasteiger partial charge in [0.25, 0.3) is 0 Å². The Bertz CT molecular complexity index is 522. The molecule has 134 valence electrons. The normalized spacial score (nSPS) is 11.7. The lowest BCUT2D eigenvalue weighted by Crippen LogP contribution is -2.51. The minimum absolute atomic E-state index is 0.0640. The molecule has 0 aromatic heterocycles. The number of urea groups is 1. The van der Waals surface area contributed by atoms with Crippen molar-refractivity contribution in [2.75, 3.05) is 27.2 Å². The standard InChI is InChI=1S/C17H27BrN4O2/c1-4-5-15(16(23)22(3)11-10-19-2)21-17(24)20-12-13-6-8-14(18)9-7-13/h6-9,15,19H,4-5,10-12H2,1-3H3,(H2,20,21,24). The van der Waals surface area contributed by atoms with Crippen molar-refractivity contribution in [1.29, 1.82) is 0 Å². The molecule has 0 heterocycles. The van der Waals surface area contributed by atoms with E-state index in [9.17, 15) is 9.59 Å². The molecule has 1 aromatic carbocycles. The van der Waals surface area contributed by atoms with E-state index >= 15 is 0 Å². The molecule has 0 aliphatic carbocycles. The van der Waals surface area contributed by atoms with Gasteiger partial charge in [-0.25, -0.2) is 4.79 Å². The lowest BCUT2D eigenvalue weighted by molar-refractivity contribution is -0.132. The molecule has 0 fully saturated rings. The first kappa shape index (κ1) is 20.4. The second-order valence-corrected chi connectivity index (χ2v) is 6.57. The summed E-state index contributed by atoms with van der Waals surface area (Å²) < 4.78 is 0.994. The predicted molar refractivity (Wildman–Crippen MR) is 99.8 cm³/mol. The minimum Gasteiger partial charge on any atom is -0.343 e. The summed E-state index contributed by atoms with van der Waals surface area (Å²) in [4.78, 5) is 26.2. The van der Waals surface area contributed by atoms with Crippen LogP contribution in [0.25, 0.3) is 0 Å². The van der Waals surface area contributed by atoms with Crippen LogP contribution in [-0.2, 0) is 11.3 Å². The van der Waals surface area contributed by atoms with Gasteiger partial charge in [-0.3, -0.25) is 4.79 Å². The Labute approximate surface area is 152 Å². The smallest absolute Gasteiger partial charge is 0.315 e. The van der Waals surface area contributed by atoms with E-state index < -0.39 is 6.04 Å². The van der Waals surface area contributed by atoms with Crippen molar-refractivity contribution >= 4 is 27.9 Å². The van der Waals surface area contributed by atoms with Crippen LogP contribution in [0.2, 0.25) is 0 Å². The number of hydrogen-bond donors (Lipinski definition) is 3. The highest BCUT2D eigenvalue weighted by atomic mass is 79.9. The molecule has 1 aromatic rings. The maximum atomic E-state index is 12.4. The first-order valence-electron chi connectivity index (χ1n) is 8.16. The van der Waals surface area contributed by atoms with Gasteiger partial charge in [-0.15, -0.1) is 0 Å². The van der Waals surface area contributed by atoms with Crippen LogP contribution in [0.3, 0.4) is 0 Å². The largest absolute Gasteiger partial charge is 0.343 e. The molecule has 1 atom stereocenters. The Balaban J connectivity index is 2.52. The summed E-state index contributed by atoms with van der Waals surface area (Å²) in [5.41, 5.74) is 0.998. The second kappa shape index (κ2) is 11.0. The second-order valence-electron chi connectivity index (χ2n) is 5.66. The number of carbonyl (C=O) groups excluding carboxylic acids is 2. The summed E-state index contributed by atoms with van der Waals surface area (Å²) in [5, 5.41) is 8.59. The van der Waals surface area contributed by atoms with Crippen LogP contribution in [0.4, 0.5) is 4.79 Å². The Morgan fingerprint density at radius 3 is 2.50 bits per heavy atom. The molecule has 3 N–H and O–H groups in total. The highest BCUT2D eigenvalue weighted by Gasteiger charge is 2.22. The zero-order chi connectivity index (χ0) is 17.9. The molecule has 0 aliphatic rings. The number of likely N-dealkylation sites (N-methyl/N-ethyl adjacent to an activating group) is 2. The summed E-state index contributed by atoms with van der Waals surface area (Å²) in [6, 6.07) is 6.90. The van der Waals surface area contributed by atoms with E-state index in [1.54, 1.807) is 11.9 Å². The van der Waals surface area contributed by atoms with E-state index in [2.05, 4.69) is 31.9 Å². The highest BCUT2D eigenvalue weighted by molar-refractivity contribution is 9.10. The van der Waals surface area contributed by atoms with Crippen LogP contribution in [0.15, 0.2) is 28.7 Å². The molecule has 0 bridgehead atoms. The molecule has 0 saturated carbocycles. The SMILES string of the molecule is CCCC(NC(=O)NCc1ccc(Br)cc1)C(=O)N(C)CCNC. The summed E-state index contributed by atoms with van der Waals surface area (Å²) in [6.07, 6.45) is 1.44. The van der Waals surface area contributed by atoms with Gasteiger partial charge in [-0.1, -0.05) is 41.4 Å². The summed E-state index contributed by atoms with van der Waals surface area (Å²) in [7, 11) is 3.60.